The molecular weight excluding hydrogens is 333 g/mol. The highest BCUT2D eigenvalue weighted by Gasteiger charge is 2.03. The van der Waals surface area contributed by atoms with Crippen molar-refractivity contribution in [2.24, 2.45) is 10.9 Å². The Morgan fingerprint density at radius 1 is 1.25 bits per heavy atom. The van der Waals surface area contributed by atoms with Crippen LogP contribution in [0.2, 0.25) is 0 Å². The van der Waals surface area contributed by atoms with Gasteiger partial charge in [0.15, 0.2) is 5.96 Å². The molecule has 0 fully saturated rings. The maximum atomic E-state index is 4.19. The Morgan fingerprint density at radius 2 is 1.88 bits per heavy atom. The second-order valence-electron chi connectivity index (χ2n) is 3.56. The number of hydrogen-bond donors (Lipinski definition) is 2. The molecule has 0 saturated heterocycles. The standard InChI is InChI=1S/C11H25N3S.HI/c1-5-10(6-2)9-14-11(12-3)13-7-8-15-4;/h10H,5-9H2,1-4H3,(H2,12,13,14);1H. The minimum atomic E-state index is 0. The van der Waals surface area contributed by atoms with Crippen LogP contribution in [0.25, 0.3) is 0 Å². The fourth-order valence-corrected chi connectivity index (χ4v) is 1.62. The molecule has 0 aromatic heterocycles. The second-order valence-corrected chi connectivity index (χ2v) is 4.54. The summed E-state index contributed by atoms with van der Waals surface area (Å²) in [5.41, 5.74) is 0. The summed E-state index contributed by atoms with van der Waals surface area (Å²) in [4.78, 5) is 4.19. The third kappa shape index (κ3) is 9.57. The predicted octanol–water partition coefficient (Wildman–Crippen LogP) is 2.57. The molecule has 0 aromatic carbocycles. The van der Waals surface area contributed by atoms with Gasteiger partial charge in [-0.1, -0.05) is 26.7 Å². The summed E-state index contributed by atoms with van der Waals surface area (Å²) in [6.45, 7) is 6.47. The van der Waals surface area contributed by atoms with Gasteiger partial charge in [0.2, 0.25) is 0 Å². The Hall–Kier alpha value is 0.350. The van der Waals surface area contributed by atoms with Gasteiger partial charge in [-0.25, -0.2) is 0 Å². The lowest BCUT2D eigenvalue weighted by Gasteiger charge is -2.16. The van der Waals surface area contributed by atoms with Crippen LogP contribution in [0.3, 0.4) is 0 Å². The van der Waals surface area contributed by atoms with Crippen molar-refractivity contribution in [3.05, 3.63) is 0 Å². The molecule has 5 heteroatoms. The van der Waals surface area contributed by atoms with Gasteiger partial charge in [-0.05, 0) is 12.2 Å². The summed E-state index contributed by atoms with van der Waals surface area (Å²) in [5.74, 6) is 2.80. The van der Waals surface area contributed by atoms with E-state index in [1.165, 1.54) is 12.8 Å². The highest BCUT2D eigenvalue weighted by Crippen LogP contribution is 2.04. The van der Waals surface area contributed by atoms with Gasteiger partial charge in [0.25, 0.3) is 0 Å². The van der Waals surface area contributed by atoms with Gasteiger partial charge in [-0.2, -0.15) is 11.8 Å². The molecule has 0 aliphatic carbocycles. The Kier molecular flexibility index (Phi) is 15.7. The summed E-state index contributed by atoms with van der Waals surface area (Å²) in [6.07, 6.45) is 4.57. The molecule has 0 spiro atoms. The molecule has 0 heterocycles. The van der Waals surface area contributed by atoms with Crippen LogP contribution >= 0.6 is 35.7 Å². The lowest BCUT2D eigenvalue weighted by Crippen LogP contribution is -2.40. The number of guanidine groups is 1. The molecule has 0 aliphatic heterocycles. The number of nitrogens with one attached hydrogen (secondary N) is 2. The van der Waals surface area contributed by atoms with E-state index >= 15 is 0 Å². The van der Waals surface area contributed by atoms with E-state index in [2.05, 4.69) is 35.7 Å². The van der Waals surface area contributed by atoms with Crippen molar-refractivity contribution in [2.75, 3.05) is 32.1 Å². The Morgan fingerprint density at radius 3 is 2.31 bits per heavy atom. The maximum absolute atomic E-state index is 4.19. The van der Waals surface area contributed by atoms with E-state index in [0.717, 1.165) is 30.7 Å². The van der Waals surface area contributed by atoms with Gasteiger partial charge in [0.1, 0.15) is 0 Å². The predicted molar refractivity (Wildman–Crippen MR) is 87.2 cm³/mol. The monoisotopic (exact) mass is 359 g/mol. The van der Waals surface area contributed by atoms with Crippen molar-refractivity contribution in [1.29, 1.82) is 0 Å². The first-order valence-corrected chi connectivity index (χ1v) is 7.11. The van der Waals surface area contributed by atoms with Crippen molar-refractivity contribution in [3.63, 3.8) is 0 Å². The number of rotatable bonds is 7. The van der Waals surface area contributed by atoms with Crippen LogP contribution in [-0.4, -0.2) is 38.1 Å². The van der Waals surface area contributed by atoms with Crippen LogP contribution in [-0.2, 0) is 0 Å². The van der Waals surface area contributed by atoms with E-state index in [9.17, 15) is 0 Å². The molecule has 3 nitrogen and oxygen atoms in total. The highest BCUT2D eigenvalue weighted by atomic mass is 127. The average molecular weight is 359 g/mol. The van der Waals surface area contributed by atoms with Crippen LogP contribution in [0.1, 0.15) is 26.7 Å². The third-order valence-corrected chi connectivity index (χ3v) is 3.15. The van der Waals surface area contributed by atoms with Crippen molar-refractivity contribution in [1.82, 2.24) is 10.6 Å². The number of halogens is 1. The van der Waals surface area contributed by atoms with Crippen molar-refractivity contribution in [2.45, 2.75) is 26.7 Å². The van der Waals surface area contributed by atoms with E-state index in [0.29, 0.717) is 0 Å². The maximum Gasteiger partial charge on any atom is 0.191 e. The molecule has 16 heavy (non-hydrogen) atoms. The van der Waals surface area contributed by atoms with E-state index in [4.69, 9.17) is 0 Å². The minimum Gasteiger partial charge on any atom is -0.356 e. The smallest absolute Gasteiger partial charge is 0.191 e. The van der Waals surface area contributed by atoms with Gasteiger partial charge >= 0.3 is 0 Å². The fourth-order valence-electron chi connectivity index (χ4n) is 1.31. The van der Waals surface area contributed by atoms with Gasteiger partial charge in [-0.3, -0.25) is 4.99 Å². The van der Waals surface area contributed by atoms with Gasteiger partial charge in [-0.15, -0.1) is 24.0 Å². The zero-order valence-electron chi connectivity index (χ0n) is 10.9. The quantitative estimate of drug-likeness (QED) is 0.318. The molecule has 0 bridgehead atoms. The molecule has 98 valence electrons. The fraction of sp³-hybridized carbons (Fsp3) is 0.909. The van der Waals surface area contributed by atoms with Crippen LogP contribution in [0.4, 0.5) is 0 Å². The normalized spacial score (nSPS) is 11.2. The minimum absolute atomic E-state index is 0. The summed E-state index contributed by atoms with van der Waals surface area (Å²) in [7, 11) is 1.82. The number of aliphatic imine (C=N–C) groups is 1. The average Bonchev–Trinajstić information content (AvgIpc) is 2.28. The van der Waals surface area contributed by atoms with E-state index in [1.54, 1.807) is 0 Å². The molecule has 2 N–H and O–H groups in total. The highest BCUT2D eigenvalue weighted by molar-refractivity contribution is 14.0. The first-order valence-electron chi connectivity index (χ1n) is 5.71. The molecule has 0 radical (unpaired) electrons. The van der Waals surface area contributed by atoms with E-state index in [1.807, 2.05) is 18.8 Å². The van der Waals surface area contributed by atoms with Crippen LogP contribution in [0.5, 0.6) is 0 Å². The van der Waals surface area contributed by atoms with Crippen molar-refractivity contribution >= 4 is 41.7 Å². The Bertz CT molecular complexity index is 173. The summed E-state index contributed by atoms with van der Waals surface area (Å²) in [5, 5.41) is 6.65. The van der Waals surface area contributed by atoms with Crippen LogP contribution in [0.15, 0.2) is 4.99 Å². The Labute approximate surface area is 122 Å². The number of hydrogen-bond acceptors (Lipinski definition) is 2. The summed E-state index contributed by atoms with van der Waals surface area (Å²) in [6, 6.07) is 0. The summed E-state index contributed by atoms with van der Waals surface area (Å²) >= 11 is 1.84. The van der Waals surface area contributed by atoms with Crippen LogP contribution < -0.4 is 10.6 Å². The molecule has 0 aromatic rings. The first-order chi connectivity index (χ1) is 7.28. The lowest BCUT2D eigenvalue weighted by atomic mass is 10.0. The molecule has 0 aliphatic rings. The zero-order chi connectivity index (χ0) is 11.5. The number of nitrogens with zero attached hydrogens (tertiary/aromatic N) is 1. The zero-order valence-corrected chi connectivity index (χ0v) is 14.0. The van der Waals surface area contributed by atoms with Crippen LogP contribution in [0, 0.1) is 5.92 Å². The molecule has 0 unspecified atom stereocenters. The topological polar surface area (TPSA) is 36.4 Å². The van der Waals surface area contributed by atoms with Gasteiger partial charge in [0.05, 0.1) is 0 Å². The molecule has 0 rings (SSSR count). The molecule has 0 atom stereocenters. The summed E-state index contributed by atoms with van der Waals surface area (Å²) < 4.78 is 0. The number of thioether (sulfide) groups is 1. The van der Waals surface area contributed by atoms with Crippen molar-refractivity contribution in [3.8, 4) is 0 Å². The molecule has 0 amide bonds. The largest absolute Gasteiger partial charge is 0.356 e. The second kappa shape index (κ2) is 13.4. The van der Waals surface area contributed by atoms with Gasteiger partial charge < -0.3 is 10.6 Å². The first kappa shape index (κ1) is 18.7. The van der Waals surface area contributed by atoms with E-state index < -0.39 is 0 Å². The third-order valence-electron chi connectivity index (χ3n) is 2.54. The SMILES string of the molecule is CCC(CC)CNC(=NC)NCCSC.I. The van der Waals surface area contributed by atoms with Gasteiger partial charge in [0, 0.05) is 25.9 Å². The Balaban J connectivity index is 0. The lowest BCUT2D eigenvalue weighted by molar-refractivity contribution is 0.482. The van der Waals surface area contributed by atoms with Crippen molar-refractivity contribution < 1.29 is 0 Å². The molecular formula is C11H26IN3S. The molecule has 0 saturated carbocycles. The van der Waals surface area contributed by atoms with E-state index in [-0.39, 0.29) is 24.0 Å².